The fourth-order valence-corrected chi connectivity index (χ4v) is 7.24. The molecule has 1 spiro atoms. The number of hydrogen-bond acceptors (Lipinski definition) is 5. The van der Waals surface area contributed by atoms with Crippen LogP contribution in [0.3, 0.4) is 0 Å². The van der Waals surface area contributed by atoms with Crippen molar-refractivity contribution in [2.45, 2.75) is 47.9 Å². The summed E-state index contributed by atoms with van der Waals surface area (Å²) in [6.07, 6.45) is 1.84. The number of amides is 1. The molecule has 36 heavy (non-hydrogen) atoms. The van der Waals surface area contributed by atoms with Crippen LogP contribution in [0.4, 0.5) is 8.78 Å². The number of carbonyl (C=O) groups is 1. The predicted molar refractivity (Wildman–Crippen MR) is 131 cm³/mol. The molecule has 2 fully saturated rings. The molecule has 0 bridgehead atoms. The number of carbonyl (C=O) groups excluding carboxylic acids is 1. The van der Waals surface area contributed by atoms with Crippen molar-refractivity contribution in [1.82, 2.24) is 9.58 Å². The third kappa shape index (κ3) is 2.95. The van der Waals surface area contributed by atoms with Gasteiger partial charge in [0, 0.05) is 40.8 Å². The zero-order valence-corrected chi connectivity index (χ0v) is 20.0. The van der Waals surface area contributed by atoms with Gasteiger partial charge in [-0.2, -0.15) is 0 Å². The minimum Gasteiger partial charge on any atom is -0.502 e. The second kappa shape index (κ2) is 7.35. The summed E-state index contributed by atoms with van der Waals surface area (Å²) in [6, 6.07) is 16.8. The summed E-state index contributed by atoms with van der Waals surface area (Å²) in [5.74, 6) is -3.01. The molecule has 1 amide bonds. The summed E-state index contributed by atoms with van der Waals surface area (Å²) in [7, 11) is 0. The number of halogens is 2. The first-order chi connectivity index (χ1) is 17.3. The van der Waals surface area contributed by atoms with Crippen LogP contribution in [-0.2, 0) is 5.75 Å². The fourth-order valence-electron chi connectivity index (χ4n) is 6.14. The van der Waals surface area contributed by atoms with Crippen LogP contribution in [0, 0.1) is 5.41 Å². The van der Waals surface area contributed by atoms with Crippen molar-refractivity contribution in [3.63, 3.8) is 0 Å². The molecule has 3 heterocycles. The van der Waals surface area contributed by atoms with Gasteiger partial charge in [0.25, 0.3) is 11.8 Å². The van der Waals surface area contributed by atoms with Crippen LogP contribution < -0.4 is 10.4 Å². The first-order valence-electron chi connectivity index (χ1n) is 12.0. The molecule has 6 nitrogen and oxygen atoms in total. The number of aromatic nitrogens is 1. The maximum Gasteiger partial charge on any atom is 0.278 e. The molecule has 1 atom stereocenters. The number of pyridine rings is 1. The minimum absolute atomic E-state index is 0.121. The van der Waals surface area contributed by atoms with Crippen LogP contribution in [0.5, 0.6) is 5.75 Å². The third-order valence-corrected chi connectivity index (χ3v) is 9.38. The highest BCUT2D eigenvalue weighted by Gasteiger charge is 2.76. The van der Waals surface area contributed by atoms with Crippen LogP contribution in [0.15, 0.2) is 70.5 Å². The van der Waals surface area contributed by atoms with Gasteiger partial charge in [-0.3, -0.25) is 19.3 Å². The van der Waals surface area contributed by atoms with E-state index in [2.05, 4.69) is 24.3 Å². The summed E-state index contributed by atoms with van der Waals surface area (Å²) in [4.78, 5) is 28.6. The van der Waals surface area contributed by atoms with Crippen molar-refractivity contribution in [1.29, 1.82) is 0 Å². The van der Waals surface area contributed by atoms with E-state index in [4.69, 9.17) is 0 Å². The lowest BCUT2D eigenvalue weighted by Gasteiger charge is -2.50. The van der Waals surface area contributed by atoms with Crippen molar-refractivity contribution in [2.24, 2.45) is 5.41 Å². The molecule has 184 valence electrons. The second-order valence-electron chi connectivity index (χ2n) is 10.2. The molecule has 0 unspecified atom stereocenters. The lowest BCUT2D eigenvalue weighted by atomic mass is 9.75. The largest absolute Gasteiger partial charge is 0.502 e. The molecule has 4 aliphatic rings. The number of aromatic hydroxyl groups is 1. The molecule has 0 radical (unpaired) electrons. The van der Waals surface area contributed by atoms with Crippen molar-refractivity contribution in [3.05, 3.63) is 93.4 Å². The molecule has 9 heteroatoms. The van der Waals surface area contributed by atoms with E-state index in [-0.39, 0.29) is 43.7 Å². The molecular formula is C27H23F2N3O3S. The highest BCUT2D eigenvalue weighted by molar-refractivity contribution is 7.98. The van der Waals surface area contributed by atoms with Crippen LogP contribution in [0.25, 0.3) is 0 Å². The zero-order valence-electron chi connectivity index (χ0n) is 19.2. The summed E-state index contributed by atoms with van der Waals surface area (Å²) in [5, 5.41) is 12.7. The normalized spacial score (nSPS) is 27.6. The minimum atomic E-state index is -2.67. The van der Waals surface area contributed by atoms with E-state index in [1.165, 1.54) is 12.3 Å². The van der Waals surface area contributed by atoms with E-state index in [0.29, 0.717) is 0 Å². The van der Waals surface area contributed by atoms with Gasteiger partial charge >= 0.3 is 0 Å². The van der Waals surface area contributed by atoms with Gasteiger partial charge < -0.3 is 10.0 Å². The average molecular weight is 508 g/mol. The smallest absolute Gasteiger partial charge is 0.278 e. The summed E-state index contributed by atoms with van der Waals surface area (Å²) < 4.78 is 29.5. The predicted octanol–water partition coefficient (Wildman–Crippen LogP) is 4.49. The van der Waals surface area contributed by atoms with Gasteiger partial charge in [-0.05, 0) is 35.6 Å². The van der Waals surface area contributed by atoms with Gasteiger partial charge in [-0.25, -0.2) is 8.78 Å². The summed E-state index contributed by atoms with van der Waals surface area (Å²) in [6.45, 7) is 0.151. The third-order valence-electron chi connectivity index (χ3n) is 8.24. The Hall–Kier alpha value is -3.33. The maximum atomic E-state index is 14.0. The van der Waals surface area contributed by atoms with E-state index in [1.807, 2.05) is 29.3 Å². The van der Waals surface area contributed by atoms with Crippen molar-refractivity contribution in [3.8, 4) is 5.75 Å². The highest BCUT2D eigenvalue weighted by Crippen LogP contribution is 2.71. The van der Waals surface area contributed by atoms with Gasteiger partial charge in [0.1, 0.15) is 6.67 Å². The SMILES string of the molecule is O=C1c2c(O)c(=O)ccn2N([C@H]2c3ccccc3CSc3ccccc32)CN1C1CC2(C1)CC2(F)F. The summed E-state index contributed by atoms with van der Waals surface area (Å²) in [5.41, 5.74) is 1.49. The quantitative estimate of drug-likeness (QED) is 0.554. The Morgan fingerprint density at radius 2 is 1.67 bits per heavy atom. The molecule has 1 N–H and O–H groups in total. The van der Waals surface area contributed by atoms with E-state index in [9.17, 15) is 23.5 Å². The number of fused-ring (bicyclic) bond motifs is 3. The number of thioether (sulfide) groups is 1. The Bertz CT molecular complexity index is 1440. The first kappa shape index (κ1) is 21.9. The van der Waals surface area contributed by atoms with Crippen molar-refractivity contribution in [2.75, 3.05) is 11.7 Å². The summed E-state index contributed by atoms with van der Waals surface area (Å²) >= 11 is 1.74. The topological polar surface area (TPSA) is 65.8 Å². The van der Waals surface area contributed by atoms with Crippen LogP contribution in [0.2, 0.25) is 0 Å². The average Bonchev–Trinajstić information content (AvgIpc) is 3.48. The van der Waals surface area contributed by atoms with Crippen molar-refractivity contribution >= 4 is 17.7 Å². The van der Waals surface area contributed by atoms with E-state index in [1.54, 1.807) is 21.3 Å². The van der Waals surface area contributed by atoms with Gasteiger partial charge in [-0.1, -0.05) is 42.5 Å². The van der Waals surface area contributed by atoms with Crippen LogP contribution >= 0.6 is 11.8 Å². The first-order valence-corrected chi connectivity index (χ1v) is 13.0. The molecule has 7 rings (SSSR count). The van der Waals surface area contributed by atoms with Gasteiger partial charge in [0.2, 0.25) is 5.43 Å². The number of rotatable bonds is 2. The van der Waals surface area contributed by atoms with Gasteiger partial charge in [-0.15, -0.1) is 11.8 Å². The maximum absolute atomic E-state index is 14.0. The number of benzene rings is 2. The number of hydrogen-bond donors (Lipinski definition) is 1. The van der Waals surface area contributed by atoms with E-state index < -0.39 is 28.4 Å². The van der Waals surface area contributed by atoms with Gasteiger partial charge in [0.05, 0.1) is 6.04 Å². The Morgan fingerprint density at radius 3 is 2.42 bits per heavy atom. The Morgan fingerprint density at radius 1 is 0.972 bits per heavy atom. The molecule has 2 aromatic carbocycles. The van der Waals surface area contributed by atoms with E-state index >= 15 is 0 Å². The number of nitrogens with zero attached hydrogens (tertiary/aromatic N) is 3. The Kier molecular flexibility index (Phi) is 4.47. The Balaban J connectivity index is 1.39. The fraction of sp³-hybridized carbons (Fsp3) is 0.333. The van der Waals surface area contributed by atoms with E-state index in [0.717, 1.165) is 27.3 Å². The van der Waals surface area contributed by atoms with Crippen LogP contribution in [0.1, 0.15) is 52.5 Å². The number of alkyl halides is 2. The molecular weight excluding hydrogens is 484 g/mol. The standard InChI is InChI=1S/C27H23F2N3O3S/c28-27(29)14-26(27)11-17(12-26)30-15-32(31-10-9-20(33)24(34)23(31)25(30)35)22-18-6-2-1-5-16(18)13-36-21-8-4-3-7-19(21)22/h1-10,17,22,34H,11-15H2/t17?,22-,26?/m0/s1. The molecule has 1 aromatic heterocycles. The monoisotopic (exact) mass is 507 g/mol. The molecule has 0 saturated heterocycles. The highest BCUT2D eigenvalue weighted by atomic mass is 32.2. The zero-order chi connectivity index (χ0) is 24.8. The van der Waals surface area contributed by atoms with Crippen LogP contribution in [-0.4, -0.2) is 39.2 Å². The lowest BCUT2D eigenvalue weighted by molar-refractivity contribution is -0.0221. The molecule has 3 aromatic rings. The second-order valence-corrected chi connectivity index (χ2v) is 11.2. The molecule has 2 aliphatic heterocycles. The lowest BCUT2D eigenvalue weighted by Crippen LogP contribution is -2.61. The van der Waals surface area contributed by atoms with Gasteiger partial charge in [0.15, 0.2) is 11.4 Å². The molecule has 2 aliphatic carbocycles. The van der Waals surface area contributed by atoms with Crippen molar-refractivity contribution < 1.29 is 18.7 Å². The Labute approximate surface area is 210 Å². The molecule has 2 saturated carbocycles.